The third-order valence-corrected chi connectivity index (χ3v) is 2.15. The van der Waals surface area contributed by atoms with Gasteiger partial charge in [-0.1, -0.05) is 0 Å². The van der Waals surface area contributed by atoms with Gasteiger partial charge in [-0.2, -0.15) is 5.26 Å². The number of amides is 1. The van der Waals surface area contributed by atoms with E-state index in [1.165, 1.54) is 18.3 Å². The fraction of sp³-hybridized carbons (Fsp3) is 0.273. The van der Waals surface area contributed by atoms with Crippen LogP contribution in [0.1, 0.15) is 22.5 Å². The second-order valence-corrected chi connectivity index (χ2v) is 3.42. The number of carboxylic acid groups (broad SMARTS) is 1. The summed E-state index contributed by atoms with van der Waals surface area (Å²) in [5.74, 6) is -1.90. The molecule has 1 amide bonds. The van der Waals surface area contributed by atoms with E-state index < -0.39 is 17.9 Å². The van der Waals surface area contributed by atoms with E-state index in [1.807, 2.05) is 6.07 Å². The Bertz CT molecular complexity index is 478. The van der Waals surface area contributed by atoms with Crippen molar-refractivity contribution in [3.05, 3.63) is 29.6 Å². The van der Waals surface area contributed by atoms with E-state index in [0.717, 1.165) is 0 Å². The largest absolute Gasteiger partial charge is 0.480 e. The number of nitriles is 1. The molecule has 1 unspecified atom stereocenters. The van der Waals surface area contributed by atoms with E-state index in [-0.39, 0.29) is 18.7 Å². The molecule has 0 aliphatic carbocycles. The highest BCUT2D eigenvalue weighted by Crippen LogP contribution is 2.00. The summed E-state index contributed by atoms with van der Waals surface area (Å²) < 4.78 is 0. The van der Waals surface area contributed by atoms with Gasteiger partial charge < -0.3 is 15.5 Å². The molecular formula is C11H11N3O4. The Morgan fingerprint density at radius 2 is 2.22 bits per heavy atom. The summed E-state index contributed by atoms with van der Waals surface area (Å²) in [5.41, 5.74) is 0.315. The zero-order chi connectivity index (χ0) is 13.5. The molecule has 1 atom stereocenters. The van der Waals surface area contributed by atoms with E-state index in [2.05, 4.69) is 10.3 Å². The quantitative estimate of drug-likeness (QED) is 0.647. The van der Waals surface area contributed by atoms with Crippen molar-refractivity contribution in [2.75, 3.05) is 6.61 Å². The van der Waals surface area contributed by atoms with Crippen LogP contribution in [0.25, 0.3) is 0 Å². The van der Waals surface area contributed by atoms with E-state index in [9.17, 15) is 9.59 Å². The van der Waals surface area contributed by atoms with E-state index in [0.29, 0.717) is 5.56 Å². The van der Waals surface area contributed by atoms with Crippen molar-refractivity contribution < 1.29 is 19.8 Å². The molecule has 0 aliphatic heterocycles. The first-order valence-electron chi connectivity index (χ1n) is 5.09. The van der Waals surface area contributed by atoms with Crippen molar-refractivity contribution in [1.82, 2.24) is 10.3 Å². The highest BCUT2D eigenvalue weighted by molar-refractivity contribution is 5.94. The summed E-state index contributed by atoms with van der Waals surface area (Å²) >= 11 is 0. The number of aliphatic carboxylic acids is 1. The number of aliphatic hydroxyl groups is 1. The molecule has 18 heavy (non-hydrogen) atoms. The second kappa shape index (κ2) is 6.32. The molecule has 0 bridgehead atoms. The van der Waals surface area contributed by atoms with E-state index in [1.54, 1.807) is 0 Å². The summed E-state index contributed by atoms with van der Waals surface area (Å²) in [5, 5.41) is 28.3. The molecule has 7 nitrogen and oxygen atoms in total. The van der Waals surface area contributed by atoms with Gasteiger partial charge in [-0.25, -0.2) is 9.78 Å². The minimum absolute atomic E-state index is 0.0122. The molecule has 1 heterocycles. The standard InChI is InChI=1S/C11H11N3O4/c12-5-7-1-2-8(13-6-7)10(16)14-9(3-4-15)11(17)18/h1-2,6,9,15H,3-4H2,(H,14,16)(H,17,18). The monoisotopic (exact) mass is 249 g/mol. The maximum Gasteiger partial charge on any atom is 0.326 e. The number of aromatic nitrogens is 1. The van der Waals surface area contributed by atoms with Crippen molar-refractivity contribution in [1.29, 1.82) is 5.26 Å². The smallest absolute Gasteiger partial charge is 0.326 e. The molecule has 0 saturated heterocycles. The van der Waals surface area contributed by atoms with Gasteiger partial charge in [-0.05, 0) is 12.1 Å². The van der Waals surface area contributed by atoms with Crippen molar-refractivity contribution >= 4 is 11.9 Å². The third-order valence-electron chi connectivity index (χ3n) is 2.15. The van der Waals surface area contributed by atoms with Crippen molar-refractivity contribution in [2.45, 2.75) is 12.5 Å². The van der Waals surface area contributed by atoms with Crippen LogP contribution in [0, 0.1) is 11.3 Å². The van der Waals surface area contributed by atoms with Crippen LogP contribution in [0.5, 0.6) is 0 Å². The van der Waals surface area contributed by atoms with Gasteiger partial charge in [-0.15, -0.1) is 0 Å². The minimum Gasteiger partial charge on any atom is -0.480 e. The first kappa shape index (κ1) is 13.6. The number of carbonyl (C=O) groups excluding carboxylic acids is 1. The lowest BCUT2D eigenvalue weighted by molar-refractivity contribution is -0.139. The maximum absolute atomic E-state index is 11.6. The van der Waals surface area contributed by atoms with Crippen LogP contribution in [0.15, 0.2) is 18.3 Å². The number of carbonyl (C=O) groups is 2. The summed E-state index contributed by atoms with van der Waals surface area (Å²) in [4.78, 5) is 26.1. The van der Waals surface area contributed by atoms with Gasteiger partial charge in [0.15, 0.2) is 0 Å². The average molecular weight is 249 g/mol. The van der Waals surface area contributed by atoms with Gasteiger partial charge in [0.05, 0.1) is 5.56 Å². The number of aliphatic hydroxyl groups excluding tert-OH is 1. The Kier molecular flexibility index (Phi) is 4.78. The van der Waals surface area contributed by atoms with Gasteiger partial charge >= 0.3 is 5.97 Å². The van der Waals surface area contributed by atoms with Crippen molar-refractivity contribution in [3.8, 4) is 6.07 Å². The predicted molar refractivity (Wildman–Crippen MR) is 59.5 cm³/mol. The molecule has 0 spiro atoms. The fourth-order valence-corrected chi connectivity index (χ4v) is 1.21. The van der Waals surface area contributed by atoms with E-state index in [4.69, 9.17) is 15.5 Å². The summed E-state index contributed by atoms with van der Waals surface area (Å²) in [6.07, 6.45) is 1.13. The van der Waals surface area contributed by atoms with Crippen molar-refractivity contribution in [2.24, 2.45) is 0 Å². The van der Waals surface area contributed by atoms with Gasteiger partial charge in [0.2, 0.25) is 0 Å². The molecule has 1 aromatic rings. The molecule has 1 aromatic heterocycles. The molecular weight excluding hydrogens is 238 g/mol. The molecule has 0 aromatic carbocycles. The third kappa shape index (κ3) is 3.54. The first-order valence-corrected chi connectivity index (χ1v) is 5.09. The number of rotatable bonds is 5. The zero-order valence-electron chi connectivity index (χ0n) is 9.33. The minimum atomic E-state index is -1.23. The van der Waals surface area contributed by atoms with Crippen LogP contribution in [0.3, 0.4) is 0 Å². The number of nitrogens with zero attached hydrogens (tertiary/aromatic N) is 2. The number of pyridine rings is 1. The van der Waals surface area contributed by atoms with Crippen LogP contribution in [0.4, 0.5) is 0 Å². The fourth-order valence-electron chi connectivity index (χ4n) is 1.21. The van der Waals surface area contributed by atoms with Crippen LogP contribution >= 0.6 is 0 Å². The summed E-state index contributed by atoms with van der Waals surface area (Å²) in [6, 6.07) is 3.42. The second-order valence-electron chi connectivity index (χ2n) is 3.42. The Morgan fingerprint density at radius 1 is 1.50 bits per heavy atom. The van der Waals surface area contributed by atoms with Gasteiger partial charge in [0.25, 0.3) is 5.91 Å². The number of hydrogen-bond acceptors (Lipinski definition) is 5. The average Bonchev–Trinajstić information content (AvgIpc) is 2.38. The SMILES string of the molecule is N#Cc1ccc(C(=O)NC(CCO)C(=O)O)nc1. The van der Waals surface area contributed by atoms with Gasteiger partial charge in [0.1, 0.15) is 17.8 Å². The molecule has 7 heteroatoms. The molecule has 1 rings (SSSR count). The van der Waals surface area contributed by atoms with Gasteiger partial charge in [0, 0.05) is 19.2 Å². The first-order chi connectivity index (χ1) is 8.58. The van der Waals surface area contributed by atoms with Gasteiger partial charge in [-0.3, -0.25) is 4.79 Å². The Morgan fingerprint density at radius 3 is 2.67 bits per heavy atom. The Labute approximate surface area is 103 Å². The van der Waals surface area contributed by atoms with Crippen LogP contribution in [-0.4, -0.2) is 39.7 Å². The highest BCUT2D eigenvalue weighted by atomic mass is 16.4. The number of hydrogen-bond donors (Lipinski definition) is 3. The summed E-state index contributed by atoms with van der Waals surface area (Å²) in [6.45, 7) is -0.349. The van der Waals surface area contributed by atoms with Crippen LogP contribution in [-0.2, 0) is 4.79 Å². The van der Waals surface area contributed by atoms with Crippen molar-refractivity contribution in [3.63, 3.8) is 0 Å². The Balaban J connectivity index is 2.74. The van der Waals surface area contributed by atoms with Crippen LogP contribution in [0.2, 0.25) is 0 Å². The lowest BCUT2D eigenvalue weighted by Crippen LogP contribution is -2.41. The normalized spacial score (nSPS) is 11.3. The Hall–Kier alpha value is -2.46. The number of carboxylic acids is 1. The molecule has 0 aliphatic rings. The maximum atomic E-state index is 11.6. The zero-order valence-corrected chi connectivity index (χ0v) is 9.33. The number of nitrogens with one attached hydrogen (secondary N) is 1. The lowest BCUT2D eigenvalue weighted by atomic mass is 10.2. The molecule has 0 radical (unpaired) electrons. The van der Waals surface area contributed by atoms with E-state index >= 15 is 0 Å². The summed E-state index contributed by atoms with van der Waals surface area (Å²) in [7, 11) is 0. The molecule has 94 valence electrons. The topological polar surface area (TPSA) is 123 Å². The highest BCUT2D eigenvalue weighted by Gasteiger charge is 2.20. The molecule has 0 saturated carbocycles. The predicted octanol–water partition coefficient (Wildman–Crippen LogP) is -0.481. The molecule has 0 fully saturated rings. The van der Waals surface area contributed by atoms with Crippen LogP contribution < -0.4 is 5.32 Å². The lowest BCUT2D eigenvalue weighted by Gasteiger charge is -2.12. The molecule has 3 N–H and O–H groups in total.